The summed E-state index contributed by atoms with van der Waals surface area (Å²) in [6.45, 7) is 2.04. The zero-order chi connectivity index (χ0) is 16.1. The Bertz CT molecular complexity index is 713. The monoisotopic (exact) mass is 320 g/mol. The molecule has 1 N–H and O–H groups in total. The smallest absolute Gasteiger partial charge is 0.265 e. The highest BCUT2D eigenvalue weighted by Gasteiger charge is 2.18. The van der Waals surface area contributed by atoms with Crippen LogP contribution in [0.5, 0.6) is 11.6 Å². The largest absolute Gasteiger partial charge is 0.495 e. The molecule has 1 heterocycles. The second kappa shape index (κ2) is 7.35. The van der Waals surface area contributed by atoms with Crippen LogP contribution in [0.1, 0.15) is 25.3 Å². The van der Waals surface area contributed by atoms with Crippen molar-refractivity contribution in [1.82, 2.24) is 9.55 Å². The quantitative estimate of drug-likeness (QED) is 0.655. The Labute approximate surface area is 134 Å². The number of nitrogens with zero attached hydrogens (tertiary/aromatic N) is 2. The molecule has 0 bridgehead atoms. The summed E-state index contributed by atoms with van der Waals surface area (Å²) in [4.78, 5) is 17.0. The number of thioether (sulfide) groups is 1. The number of ether oxygens (including phenoxy) is 1. The maximum absolute atomic E-state index is 12.8. The Kier molecular flexibility index (Phi) is 5.49. The van der Waals surface area contributed by atoms with Gasteiger partial charge in [0.2, 0.25) is 5.88 Å². The minimum atomic E-state index is -0.241. The molecule has 0 fully saturated rings. The van der Waals surface area contributed by atoms with Gasteiger partial charge in [-0.05, 0) is 31.2 Å². The van der Waals surface area contributed by atoms with Crippen molar-refractivity contribution in [3.63, 3.8) is 0 Å². The number of aromatic hydroxyl groups is 1. The number of rotatable bonds is 6. The molecule has 1 aromatic carbocycles. The second-order valence-corrected chi connectivity index (χ2v) is 5.59. The molecule has 1 aromatic heterocycles. The normalized spacial score (nSPS) is 10.7. The van der Waals surface area contributed by atoms with E-state index in [0.29, 0.717) is 28.6 Å². The van der Waals surface area contributed by atoms with Gasteiger partial charge in [0.15, 0.2) is 5.16 Å². The van der Waals surface area contributed by atoms with E-state index in [-0.39, 0.29) is 11.4 Å². The molecule has 2 rings (SSSR count). The summed E-state index contributed by atoms with van der Waals surface area (Å²) < 4.78 is 6.85. The van der Waals surface area contributed by atoms with Crippen LogP contribution in [0.25, 0.3) is 5.69 Å². The highest BCUT2D eigenvalue weighted by atomic mass is 32.2. The predicted octanol–water partition coefficient (Wildman–Crippen LogP) is 3.01. The van der Waals surface area contributed by atoms with Gasteiger partial charge in [0.25, 0.3) is 5.56 Å². The van der Waals surface area contributed by atoms with Crippen molar-refractivity contribution in [2.45, 2.75) is 31.3 Å². The van der Waals surface area contributed by atoms with E-state index in [9.17, 15) is 9.90 Å². The maximum Gasteiger partial charge on any atom is 0.265 e. The lowest BCUT2D eigenvalue weighted by molar-refractivity contribution is 0.408. The number of hydrogen-bond acceptors (Lipinski definition) is 5. The van der Waals surface area contributed by atoms with Crippen molar-refractivity contribution in [3.05, 3.63) is 40.2 Å². The van der Waals surface area contributed by atoms with Gasteiger partial charge in [-0.2, -0.15) is 4.98 Å². The van der Waals surface area contributed by atoms with Crippen molar-refractivity contribution >= 4 is 11.8 Å². The highest BCUT2D eigenvalue weighted by Crippen LogP contribution is 2.26. The van der Waals surface area contributed by atoms with E-state index in [2.05, 4.69) is 4.98 Å². The van der Waals surface area contributed by atoms with Crippen molar-refractivity contribution < 1.29 is 9.84 Å². The van der Waals surface area contributed by atoms with Crippen molar-refractivity contribution in [2.75, 3.05) is 13.4 Å². The van der Waals surface area contributed by atoms with E-state index in [1.54, 1.807) is 13.2 Å². The number of benzene rings is 1. The number of para-hydroxylation sites is 2. The molecule has 22 heavy (non-hydrogen) atoms. The summed E-state index contributed by atoms with van der Waals surface area (Å²) in [5.41, 5.74) is 0.741. The average Bonchev–Trinajstić information content (AvgIpc) is 2.54. The third-order valence-electron chi connectivity index (χ3n) is 3.41. The van der Waals surface area contributed by atoms with Gasteiger partial charge in [0.1, 0.15) is 5.75 Å². The first-order chi connectivity index (χ1) is 10.6. The maximum atomic E-state index is 12.8. The molecule has 0 amide bonds. The number of unbranched alkanes of at least 4 members (excludes halogenated alkanes) is 1. The number of aromatic nitrogens is 2. The summed E-state index contributed by atoms with van der Waals surface area (Å²) >= 11 is 1.31. The van der Waals surface area contributed by atoms with Crippen LogP contribution >= 0.6 is 11.8 Å². The SMILES string of the molecule is CCCCc1c(O)nc(SC)n(-c2ccccc2OC)c1=O. The fraction of sp³-hybridized carbons (Fsp3) is 0.375. The Morgan fingerprint density at radius 2 is 2.09 bits per heavy atom. The predicted molar refractivity (Wildman–Crippen MR) is 88.4 cm³/mol. The van der Waals surface area contributed by atoms with Crippen LogP contribution in [0.3, 0.4) is 0 Å². The third-order valence-corrected chi connectivity index (χ3v) is 4.05. The van der Waals surface area contributed by atoms with E-state index in [4.69, 9.17) is 4.74 Å². The first-order valence-corrected chi connectivity index (χ1v) is 8.38. The van der Waals surface area contributed by atoms with Crippen LogP contribution in [0.2, 0.25) is 0 Å². The van der Waals surface area contributed by atoms with Gasteiger partial charge in [0, 0.05) is 0 Å². The fourth-order valence-electron chi connectivity index (χ4n) is 2.26. The Morgan fingerprint density at radius 1 is 1.36 bits per heavy atom. The molecule has 0 saturated heterocycles. The summed E-state index contributed by atoms with van der Waals surface area (Å²) in [6.07, 6.45) is 4.10. The number of hydrogen-bond donors (Lipinski definition) is 1. The molecule has 0 atom stereocenters. The van der Waals surface area contributed by atoms with Crippen LogP contribution in [0, 0.1) is 0 Å². The molecule has 0 radical (unpaired) electrons. The topological polar surface area (TPSA) is 64.3 Å². The molecule has 0 aliphatic carbocycles. The van der Waals surface area contributed by atoms with Gasteiger partial charge in [-0.1, -0.05) is 37.2 Å². The van der Waals surface area contributed by atoms with Crippen molar-refractivity contribution in [3.8, 4) is 17.3 Å². The number of methoxy groups -OCH3 is 1. The molecule has 0 aliphatic heterocycles. The molecular formula is C16H20N2O3S. The van der Waals surface area contributed by atoms with Crippen molar-refractivity contribution in [2.24, 2.45) is 0 Å². The molecule has 2 aromatic rings. The molecule has 5 nitrogen and oxygen atoms in total. The van der Waals surface area contributed by atoms with Gasteiger partial charge >= 0.3 is 0 Å². The van der Waals surface area contributed by atoms with Gasteiger partial charge in [0.05, 0.1) is 18.4 Å². The van der Waals surface area contributed by atoms with Gasteiger partial charge in [-0.15, -0.1) is 0 Å². The van der Waals surface area contributed by atoms with Crippen LogP contribution < -0.4 is 10.3 Å². The molecular weight excluding hydrogens is 300 g/mol. The van der Waals surface area contributed by atoms with E-state index in [0.717, 1.165) is 12.8 Å². The fourth-order valence-corrected chi connectivity index (χ4v) is 2.80. The van der Waals surface area contributed by atoms with E-state index < -0.39 is 0 Å². The first-order valence-electron chi connectivity index (χ1n) is 7.16. The van der Waals surface area contributed by atoms with E-state index in [1.165, 1.54) is 16.3 Å². The summed E-state index contributed by atoms with van der Waals surface area (Å²) in [5.74, 6) is 0.419. The summed E-state index contributed by atoms with van der Waals surface area (Å²) in [7, 11) is 1.56. The summed E-state index contributed by atoms with van der Waals surface area (Å²) in [6, 6.07) is 7.29. The van der Waals surface area contributed by atoms with Gasteiger partial charge in [-0.25, -0.2) is 0 Å². The van der Waals surface area contributed by atoms with Crippen LogP contribution in [-0.2, 0) is 6.42 Å². The van der Waals surface area contributed by atoms with Crippen LogP contribution in [-0.4, -0.2) is 28.0 Å². The third kappa shape index (κ3) is 3.11. The van der Waals surface area contributed by atoms with E-state index in [1.807, 2.05) is 31.4 Å². The van der Waals surface area contributed by atoms with E-state index >= 15 is 0 Å². The molecule has 0 saturated carbocycles. The van der Waals surface area contributed by atoms with Crippen LogP contribution in [0.15, 0.2) is 34.2 Å². The lowest BCUT2D eigenvalue weighted by Gasteiger charge is -2.15. The lowest BCUT2D eigenvalue weighted by Crippen LogP contribution is -2.25. The zero-order valence-electron chi connectivity index (χ0n) is 13.0. The lowest BCUT2D eigenvalue weighted by atomic mass is 10.1. The van der Waals surface area contributed by atoms with Gasteiger partial charge < -0.3 is 9.84 Å². The Morgan fingerprint density at radius 3 is 2.73 bits per heavy atom. The molecule has 0 spiro atoms. The highest BCUT2D eigenvalue weighted by molar-refractivity contribution is 7.98. The Balaban J connectivity index is 2.70. The summed E-state index contributed by atoms with van der Waals surface area (Å²) in [5, 5.41) is 10.5. The Hall–Kier alpha value is -1.95. The molecule has 118 valence electrons. The molecule has 0 aliphatic rings. The van der Waals surface area contributed by atoms with Crippen molar-refractivity contribution in [1.29, 1.82) is 0 Å². The minimum Gasteiger partial charge on any atom is -0.495 e. The first kappa shape index (κ1) is 16.4. The minimum absolute atomic E-state index is 0.172. The van der Waals surface area contributed by atoms with Crippen LogP contribution in [0.4, 0.5) is 0 Å². The van der Waals surface area contributed by atoms with Gasteiger partial charge in [-0.3, -0.25) is 9.36 Å². The molecule has 0 unspecified atom stereocenters. The zero-order valence-corrected chi connectivity index (χ0v) is 13.8. The second-order valence-electron chi connectivity index (χ2n) is 4.82. The average molecular weight is 320 g/mol. The molecule has 6 heteroatoms. The standard InChI is InChI=1S/C16H20N2O3S/c1-4-5-8-11-14(19)17-16(22-3)18(15(11)20)12-9-6-7-10-13(12)21-2/h6-7,9-10,19H,4-5,8H2,1-3H3.